The van der Waals surface area contributed by atoms with E-state index >= 15 is 0 Å². The summed E-state index contributed by atoms with van der Waals surface area (Å²) in [6, 6.07) is 17.3. The van der Waals surface area contributed by atoms with E-state index in [1.165, 1.54) is 22.8 Å². The lowest BCUT2D eigenvalue weighted by Crippen LogP contribution is -2.32. The van der Waals surface area contributed by atoms with E-state index in [-0.39, 0.29) is 21.7 Å². The first-order chi connectivity index (χ1) is 13.9. The summed E-state index contributed by atoms with van der Waals surface area (Å²) in [6.07, 6.45) is 3.18. The van der Waals surface area contributed by atoms with Crippen LogP contribution in [-0.4, -0.2) is 13.0 Å². The van der Waals surface area contributed by atoms with Gasteiger partial charge in [0.25, 0.3) is 5.56 Å². The largest absolute Gasteiger partial charge is 0.293 e. The Morgan fingerprint density at radius 3 is 2.41 bits per heavy atom. The van der Waals surface area contributed by atoms with Crippen LogP contribution >= 0.6 is 11.3 Å². The topological polar surface area (TPSA) is 79.9 Å². The van der Waals surface area contributed by atoms with Crippen LogP contribution in [0, 0.1) is 18.3 Å². The lowest BCUT2D eigenvalue weighted by Gasteiger charge is -2.04. The van der Waals surface area contributed by atoms with Crippen molar-refractivity contribution in [3.8, 4) is 6.07 Å². The van der Waals surface area contributed by atoms with Gasteiger partial charge in [0.05, 0.1) is 9.43 Å². The summed E-state index contributed by atoms with van der Waals surface area (Å²) in [5.41, 5.74) is 1.35. The molecule has 7 heteroatoms. The summed E-state index contributed by atoms with van der Waals surface area (Å²) in [4.78, 5) is 12.5. The van der Waals surface area contributed by atoms with Crippen molar-refractivity contribution in [2.75, 3.05) is 0 Å². The lowest BCUT2D eigenvalue weighted by atomic mass is 10.2. The minimum Gasteiger partial charge on any atom is -0.293 e. The number of rotatable bonds is 5. The third-order valence-electron chi connectivity index (χ3n) is 4.21. The Bertz CT molecular complexity index is 1370. The Labute approximate surface area is 172 Å². The second-order valence-electron chi connectivity index (χ2n) is 6.29. The van der Waals surface area contributed by atoms with Gasteiger partial charge < -0.3 is 0 Å². The zero-order valence-electron chi connectivity index (χ0n) is 15.7. The van der Waals surface area contributed by atoms with Crippen LogP contribution in [0.5, 0.6) is 0 Å². The summed E-state index contributed by atoms with van der Waals surface area (Å²) >= 11 is 0.987. The molecule has 2 aromatic carbocycles. The molecule has 0 aliphatic carbocycles. The molecular formula is C22H18N2O3S2. The molecule has 0 unspecified atom stereocenters. The van der Waals surface area contributed by atoms with Crippen molar-refractivity contribution in [3.05, 3.63) is 97.9 Å². The van der Waals surface area contributed by atoms with E-state index in [0.29, 0.717) is 4.53 Å². The molecule has 0 bridgehead atoms. The highest BCUT2D eigenvalue weighted by atomic mass is 32.2. The Hall–Kier alpha value is -3.21. The third kappa shape index (κ3) is 4.14. The maximum atomic E-state index is 13.1. The molecule has 0 saturated heterocycles. The van der Waals surface area contributed by atoms with E-state index in [1.54, 1.807) is 24.3 Å². The normalized spacial score (nSPS) is 13.0. The van der Waals surface area contributed by atoms with Gasteiger partial charge in [-0.05, 0) is 30.7 Å². The molecule has 146 valence electrons. The molecule has 5 nitrogen and oxygen atoms in total. The number of nitrogens with zero attached hydrogens (tertiary/aromatic N) is 2. The van der Waals surface area contributed by atoms with Gasteiger partial charge in [-0.3, -0.25) is 9.36 Å². The van der Waals surface area contributed by atoms with E-state index < -0.39 is 14.7 Å². The minimum atomic E-state index is -4.08. The molecule has 0 radical (unpaired) electrons. The van der Waals surface area contributed by atoms with Gasteiger partial charge >= 0.3 is 0 Å². The first-order valence-corrected chi connectivity index (χ1v) is 11.0. The monoisotopic (exact) mass is 422 g/mol. The molecule has 3 rings (SSSR count). The van der Waals surface area contributed by atoms with Gasteiger partial charge in [0.1, 0.15) is 10.7 Å². The second kappa shape index (κ2) is 8.43. The molecule has 3 aromatic rings. The van der Waals surface area contributed by atoms with E-state index in [4.69, 9.17) is 0 Å². The fourth-order valence-corrected chi connectivity index (χ4v) is 5.39. The van der Waals surface area contributed by atoms with Crippen molar-refractivity contribution in [3.63, 3.8) is 0 Å². The summed E-state index contributed by atoms with van der Waals surface area (Å²) in [5, 5.41) is 9.70. The molecule has 1 heterocycles. The van der Waals surface area contributed by atoms with Crippen molar-refractivity contribution >= 4 is 32.2 Å². The van der Waals surface area contributed by atoms with Crippen LogP contribution in [0.25, 0.3) is 11.0 Å². The Balaban J connectivity index is 2.36. The number of allylic oxidation sites excluding steroid dienone is 1. The number of benzene rings is 2. The molecule has 0 amide bonds. The zero-order valence-corrected chi connectivity index (χ0v) is 17.3. The van der Waals surface area contributed by atoms with Crippen LogP contribution < -0.4 is 14.8 Å². The molecule has 1 aromatic heterocycles. The highest BCUT2D eigenvalue weighted by Crippen LogP contribution is 2.19. The predicted molar refractivity (Wildman–Crippen MR) is 115 cm³/mol. The highest BCUT2D eigenvalue weighted by Gasteiger charge is 2.24. The van der Waals surface area contributed by atoms with E-state index in [2.05, 4.69) is 6.58 Å². The fraction of sp³-hybridized carbons (Fsp3) is 0.0909. The van der Waals surface area contributed by atoms with E-state index in [1.807, 2.05) is 37.3 Å². The zero-order chi connectivity index (χ0) is 21.0. The summed E-state index contributed by atoms with van der Waals surface area (Å²) in [5.74, 6) is 0. The van der Waals surface area contributed by atoms with Crippen LogP contribution in [0.4, 0.5) is 0 Å². The molecule has 0 aliphatic heterocycles. The van der Waals surface area contributed by atoms with Gasteiger partial charge in [0.2, 0.25) is 9.84 Å². The molecule has 0 aliphatic rings. The number of thiazole rings is 1. The van der Waals surface area contributed by atoms with E-state index in [9.17, 15) is 18.5 Å². The van der Waals surface area contributed by atoms with Crippen molar-refractivity contribution in [2.45, 2.75) is 18.4 Å². The predicted octanol–water partition coefficient (Wildman–Crippen LogP) is 2.34. The molecular weight excluding hydrogens is 404 g/mol. The smallest absolute Gasteiger partial charge is 0.269 e. The molecule has 29 heavy (non-hydrogen) atoms. The van der Waals surface area contributed by atoms with Crippen LogP contribution in [0.2, 0.25) is 0 Å². The quantitative estimate of drug-likeness (QED) is 0.591. The standard InChI is InChI=1S/C22H18N2O3S2/c1-3-13-24-21(25)19(14-17-7-5-4-6-8-17)28-22(24)20(15-23)29(26,27)18-11-9-16(2)10-12-18/h3-12,14H,1,13H2,2H3/b19-14-,22-20+. The van der Waals surface area contributed by atoms with Gasteiger partial charge in [-0.2, -0.15) is 5.26 Å². The second-order valence-corrected chi connectivity index (χ2v) is 9.21. The van der Waals surface area contributed by atoms with Crippen molar-refractivity contribution in [1.82, 2.24) is 4.57 Å². The van der Waals surface area contributed by atoms with Gasteiger partial charge in [0, 0.05) is 6.54 Å². The molecule has 0 saturated carbocycles. The number of aryl methyl sites for hydroxylation is 1. The summed E-state index contributed by atoms with van der Waals surface area (Å²) in [7, 11) is -4.08. The van der Waals surface area contributed by atoms with Crippen LogP contribution in [0.3, 0.4) is 0 Å². The lowest BCUT2D eigenvalue weighted by molar-refractivity contribution is 0.605. The fourth-order valence-electron chi connectivity index (χ4n) is 2.74. The number of nitriles is 1. The van der Waals surface area contributed by atoms with Gasteiger partial charge in [-0.15, -0.1) is 17.9 Å². The van der Waals surface area contributed by atoms with Crippen molar-refractivity contribution in [1.29, 1.82) is 5.26 Å². The number of hydrogen-bond acceptors (Lipinski definition) is 5. The third-order valence-corrected chi connectivity index (χ3v) is 7.19. The summed E-state index contributed by atoms with van der Waals surface area (Å²) in [6.45, 7) is 5.58. The number of hydrogen-bond donors (Lipinski definition) is 0. The first-order valence-electron chi connectivity index (χ1n) is 8.72. The molecule has 0 N–H and O–H groups in total. The Morgan fingerprint density at radius 2 is 1.83 bits per heavy atom. The van der Waals surface area contributed by atoms with Crippen molar-refractivity contribution in [2.24, 2.45) is 0 Å². The average Bonchev–Trinajstić information content (AvgIpc) is 2.99. The number of aromatic nitrogens is 1. The molecule has 0 fully saturated rings. The minimum absolute atomic E-state index is 0.0132. The Morgan fingerprint density at radius 1 is 1.17 bits per heavy atom. The SMILES string of the molecule is C=CCn1c(=O)/c(=C/c2ccccc2)s/c1=C(\C#N)S(=O)(=O)c1ccc(C)cc1. The van der Waals surface area contributed by atoms with Crippen molar-refractivity contribution < 1.29 is 8.42 Å². The van der Waals surface area contributed by atoms with Crippen LogP contribution in [0.15, 0.2) is 76.9 Å². The Kier molecular flexibility index (Phi) is 5.97. The van der Waals surface area contributed by atoms with Crippen LogP contribution in [0.1, 0.15) is 11.1 Å². The number of sulfone groups is 1. The summed E-state index contributed by atoms with van der Waals surface area (Å²) < 4.78 is 27.9. The first kappa shape index (κ1) is 20.5. The maximum absolute atomic E-state index is 13.1. The maximum Gasteiger partial charge on any atom is 0.269 e. The average molecular weight is 423 g/mol. The van der Waals surface area contributed by atoms with E-state index in [0.717, 1.165) is 22.5 Å². The molecule has 0 spiro atoms. The highest BCUT2D eigenvalue weighted by molar-refractivity contribution is 8.00. The molecule has 0 atom stereocenters. The van der Waals surface area contributed by atoms with Crippen LogP contribution in [-0.2, 0) is 16.4 Å². The van der Waals surface area contributed by atoms with Gasteiger partial charge in [-0.1, -0.05) is 54.1 Å². The van der Waals surface area contributed by atoms with Gasteiger partial charge in [0.15, 0.2) is 4.91 Å². The van der Waals surface area contributed by atoms with Gasteiger partial charge in [-0.25, -0.2) is 8.42 Å².